The normalized spacial score (nSPS) is 11.0. The number of carbonyl (C=O) groups is 1. The first kappa shape index (κ1) is 17.8. The Balaban J connectivity index is 1.46. The molecule has 0 aliphatic carbocycles. The predicted molar refractivity (Wildman–Crippen MR) is 105 cm³/mol. The molecule has 3 heterocycles. The molecule has 1 N–H and O–H groups in total. The Bertz CT molecular complexity index is 1140. The molecule has 1 aromatic carbocycles. The molecule has 0 atom stereocenters. The lowest BCUT2D eigenvalue weighted by atomic mass is 10.2. The van der Waals surface area contributed by atoms with Gasteiger partial charge in [0.2, 0.25) is 0 Å². The lowest BCUT2D eigenvalue weighted by Crippen LogP contribution is -2.13. The van der Waals surface area contributed by atoms with Crippen LogP contribution < -0.4 is 10.1 Å². The van der Waals surface area contributed by atoms with Gasteiger partial charge in [-0.1, -0.05) is 17.3 Å². The van der Waals surface area contributed by atoms with Gasteiger partial charge in [-0.25, -0.2) is 4.98 Å². The van der Waals surface area contributed by atoms with Gasteiger partial charge < -0.3 is 19.0 Å². The summed E-state index contributed by atoms with van der Waals surface area (Å²) in [5.41, 5.74) is 4.57. The highest BCUT2D eigenvalue weighted by atomic mass is 16.5. The Morgan fingerprint density at radius 2 is 2.04 bits per heavy atom. The molecular formula is C21H20N4O3. The topological polar surface area (TPSA) is 81.7 Å². The second-order valence-corrected chi connectivity index (χ2v) is 6.67. The summed E-state index contributed by atoms with van der Waals surface area (Å²) in [7, 11) is 0. The van der Waals surface area contributed by atoms with Gasteiger partial charge in [-0.05, 0) is 50.6 Å². The highest BCUT2D eigenvalue weighted by Crippen LogP contribution is 2.21. The zero-order chi connectivity index (χ0) is 19.7. The van der Waals surface area contributed by atoms with E-state index in [-0.39, 0.29) is 5.91 Å². The monoisotopic (exact) mass is 376 g/mol. The quantitative estimate of drug-likeness (QED) is 0.568. The van der Waals surface area contributed by atoms with Gasteiger partial charge in [-0.15, -0.1) is 0 Å². The maximum atomic E-state index is 12.5. The maximum Gasteiger partial charge on any atom is 0.255 e. The van der Waals surface area contributed by atoms with Crippen molar-refractivity contribution in [3.05, 3.63) is 77.1 Å². The third-order valence-corrected chi connectivity index (χ3v) is 4.40. The molecule has 1 amide bonds. The van der Waals surface area contributed by atoms with Crippen LogP contribution in [0.5, 0.6) is 5.75 Å². The Morgan fingerprint density at radius 1 is 1.18 bits per heavy atom. The zero-order valence-corrected chi connectivity index (χ0v) is 15.9. The molecule has 0 bridgehead atoms. The van der Waals surface area contributed by atoms with Crippen molar-refractivity contribution in [2.45, 2.75) is 27.4 Å². The number of carbonyl (C=O) groups excluding carboxylic acids is 1. The van der Waals surface area contributed by atoms with E-state index in [4.69, 9.17) is 9.26 Å². The van der Waals surface area contributed by atoms with Crippen LogP contribution in [0.2, 0.25) is 0 Å². The molecule has 7 nitrogen and oxygen atoms in total. The SMILES string of the molecule is Cc1ccc2nc(COc3cccc(C(=O)Nc4c(C)noc4C)c3)cn2c1. The van der Waals surface area contributed by atoms with E-state index in [1.807, 2.05) is 41.9 Å². The van der Waals surface area contributed by atoms with Crippen molar-refractivity contribution < 1.29 is 14.1 Å². The summed E-state index contributed by atoms with van der Waals surface area (Å²) in [4.78, 5) is 17.1. The third-order valence-electron chi connectivity index (χ3n) is 4.40. The van der Waals surface area contributed by atoms with E-state index in [1.165, 1.54) is 0 Å². The number of fused-ring (bicyclic) bond motifs is 1. The maximum absolute atomic E-state index is 12.5. The number of anilines is 1. The summed E-state index contributed by atoms with van der Waals surface area (Å²) in [6.45, 7) is 5.89. The van der Waals surface area contributed by atoms with E-state index < -0.39 is 0 Å². The molecule has 0 unspecified atom stereocenters. The molecule has 0 saturated carbocycles. The fourth-order valence-corrected chi connectivity index (χ4v) is 2.96. The van der Waals surface area contributed by atoms with E-state index in [0.717, 1.165) is 16.9 Å². The number of nitrogens with one attached hydrogen (secondary N) is 1. The Hall–Kier alpha value is -3.61. The Labute approximate surface area is 161 Å². The van der Waals surface area contributed by atoms with Gasteiger partial charge in [-0.2, -0.15) is 0 Å². The summed E-state index contributed by atoms with van der Waals surface area (Å²) in [6.07, 6.45) is 3.96. The van der Waals surface area contributed by atoms with E-state index in [9.17, 15) is 4.79 Å². The average Bonchev–Trinajstić information content (AvgIpc) is 3.23. The van der Waals surface area contributed by atoms with Crippen LogP contribution in [0.15, 0.2) is 53.3 Å². The van der Waals surface area contributed by atoms with Crippen molar-refractivity contribution >= 4 is 17.2 Å². The van der Waals surface area contributed by atoms with Gasteiger partial charge in [0.15, 0.2) is 5.76 Å². The van der Waals surface area contributed by atoms with Crippen LogP contribution in [-0.4, -0.2) is 20.4 Å². The van der Waals surface area contributed by atoms with Crippen molar-refractivity contribution in [1.29, 1.82) is 0 Å². The second kappa shape index (κ2) is 7.19. The van der Waals surface area contributed by atoms with Crippen molar-refractivity contribution in [3.63, 3.8) is 0 Å². The lowest BCUT2D eigenvalue weighted by Gasteiger charge is -2.08. The van der Waals surface area contributed by atoms with Crippen molar-refractivity contribution in [1.82, 2.24) is 14.5 Å². The van der Waals surface area contributed by atoms with Crippen LogP contribution in [0.25, 0.3) is 5.65 Å². The van der Waals surface area contributed by atoms with Gasteiger partial charge in [-0.3, -0.25) is 4.79 Å². The number of benzene rings is 1. The minimum atomic E-state index is -0.247. The number of pyridine rings is 1. The van der Waals surface area contributed by atoms with Crippen molar-refractivity contribution in [2.75, 3.05) is 5.32 Å². The molecule has 28 heavy (non-hydrogen) atoms. The van der Waals surface area contributed by atoms with E-state index in [1.54, 1.807) is 32.0 Å². The Morgan fingerprint density at radius 3 is 2.82 bits per heavy atom. The number of aryl methyl sites for hydroxylation is 3. The zero-order valence-electron chi connectivity index (χ0n) is 15.9. The summed E-state index contributed by atoms with van der Waals surface area (Å²) in [5.74, 6) is 0.919. The highest BCUT2D eigenvalue weighted by Gasteiger charge is 2.14. The highest BCUT2D eigenvalue weighted by molar-refractivity contribution is 6.05. The van der Waals surface area contributed by atoms with E-state index in [0.29, 0.717) is 35.1 Å². The largest absolute Gasteiger partial charge is 0.487 e. The van der Waals surface area contributed by atoms with Gasteiger partial charge >= 0.3 is 0 Å². The average molecular weight is 376 g/mol. The van der Waals surface area contributed by atoms with Gasteiger partial charge in [0, 0.05) is 18.0 Å². The van der Waals surface area contributed by atoms with Crippen LogP contribution in [0, 0.1) is 20.8 Å². The fourth-order valence-electron chi connectivity index (χ4n) is 2.96. The van der Waals surface area contributed by atoms with Crippen LogP contribution in [0.3, 0.4) is 0 Å². The number of nitrogens with zero attached hydrogens (tertiary/aromatic N) is 3. The number of rotatable bonds is 5. The molecule has 4 aromatic rings. The first-order chi connectivity index (χ1) is 13.5. The first-order valence-corrected chi connectivity index (χ1v) is 8.91. The number of ether oxygens (including phenoxy) is 1. The van der Waals surface area contributed by atoms with Crippen molar-refractivity contribution in [3.8, 4) is 5.75 Å². The first-order valence-electron chi connectivity index (χ1n) is 8.91. The molecule has 0 radical (unpaired) electrons. The molecule has 0 spiro atoms. The molecule has 0 aliphatic rings. The standard InChI is InChI=1S/C21H20N4O3/c1-13-7-8-19-22-17(11-25(19)10-13)12-27-18-6-4-5-16(9-18)21(26)23-20-14(2)24-28-15(20)3/h4-11H,12H2,1-3H3,(H,23,26). The molecule has 3 aromatic heterocycles. The number of imidazole rings is 1. The number of aromatic nitrogens is 3. The minimum absolute atomic E-state index is 0.247. The minimum Gasteiger partial charge on any atom is -0.487 e. The van der Waals surface area contributed by atoms with E-state index in [2.05, 4.69) is 15.5 Å². The molecule has 0 fully saturated rings. The molecule has 142 valence electrons. The van der Waals surface area contributed by atoms with E-state index >= 15 is 0 Å². The summed E-state index contributed by atoms with van der Waals surface area (Å²) in [6, 6.07) is 11.0. The fraction of sp³-hybridized carbons (Fsp3) is 0.190. The third kappa shape index (κ3) is 3.59. The molecule has 0 saturated heterocycles. The predicted octanol–water partition coefficient (Wildman–Crippen LogP) is 4.08. The molecular weight excluding hydrogens is 356 g/mol. The smallest absolute Gasteiger partial charge is 0.255 e. The van der Waals surface area contributed by atoms with Crippen LogP contribution >= 0.6 is 0 Å². The molecule has 7 heteroatoms. The number of amides is 1. The van der Waals surface area contributed by atoms with Gasteiger partial charge in [0.05, 0.1) is 5.69 Å². The lowest BCUT2D eigenvalue weighted by molar-refractivity contribution is 0.102. The van der Waals surface area contributed by atoms with Gasteiger partial charge in [0.1, 0.15) is 29.4 Å². The molecule has 4 rings (SSSR count). The van der Waals surface area contributed by atoms with Crippen LogP contribution in [0.1, 0.15) is 33.1 Å². The number of hydrogen-bond acceptors (Lipinski definition) is 5. The molecule has 0 aliphatic heterocycles. The second-order valence-electron chi connectivity index (χ2n) is 6.67. The summed E-state index contributed by atoms with van der Waals surface area (Å²) in [5, 5.41) is 6.68. The summed E-state index contributed by atoms with van der Waals surface area (Å²) < 4.78 is 12.9. The Kier molecular flexibility index (Phi) is 4.57. The summed E-state index contributed by atoms with van der Waals surface area (Å²) >= 11 is 0. The number of hydrogen-bond donors (Lipinski definition) is 1. The van der Waals surface area contributed by atoms with Crippen molar-refractivity contribution in [2.24, 2.45) is 0 Å². The van der Waals surface area contributed by atoms with Crippen LogP contribution in [-0.2, 0) is 6.61 Å². The van der Waals surface area contributed by atoms with Crippen LogP contribution in [0.4, 0.5) is 5.69 Å². The van der Waals surface area contributed by atoms with Gasteiger partial charge in [0.25, 0.3) is 5.91 Å².